The van der Waals surface area contributed by atoms with E-state index in [9.17, 15) is 0 Å². The second-order valence-corrected chi connectivity index (χ2v) is 7.66. The van der Waals surface area contributed by atoms with Crippen molar-refractivity contribution >= 4 is 0 Å². The van der Waals surface area contributed by atoms with E-state index in [1.54, 1.807) is 0 Å². The Morgan fingerprint density at radius 3 is 2.05 bits per heavy atom. The molecule has 0 radical (unpaired) electrons. The number of rotatable bonds is 13. The third-order valence-electron chi connectivity index (χ3n) is 5.96. The van der Waals surface area contributed by atoms with E-state index in [2.05, 4.69) is 19.2 Å². The molecule has 3 unspecified atom stereocenters. The molecule has 2 fully saturated rings. The van der Waals surface area contributed by atoms with Crippen molar-refractivity contribution in [1.29, 1.82) is 0 Å². The minimum atomic E-state index is 0.861. The van der Waals surface area contributed by atoms with E-state index in [0.29, 0.717) is 0 Å². The molecule has 1 heteroatoms. The van der Waals surface area contributed by atoms with Crippen molar-refractivity contribution in [3.63, 3.8) is 0 Å². The Morgan fingerprint density at radius 2 is 1.43 bits per heavy atom. The van der Waals surface area contributed by atoms with Crippen molar-refractivity contribution in [3.8, 4) is 0 Å². The van der Waals surface area contributed by atoms with Crippen LogP contribution in [0.1, 0.15) is 97.3 Å². The summed E-state index contributed by atoms with van der Waals surface area (Å²) in [6.07, 6.45) is 19.0. The van der Waals surface area contributed by atoms with E-state index in [0.717, 1.165) is 23.8 Å². The summed E-state index contributed by atoms with van der Waals surface area (Å²) in [6.45, 7) is 5.84. The number of nitrogens with one attached hydrogen (secondary N) is 1. The molecule has 0 amide bonds. The van der Waals surface area contributed by atoms with E-state index >= 15 is 0 Å². The highest BCUT2D eigenvalue weighted by atomic mass is 14.9. The highest BCUT2D eigenvalue weighted by molar-refractivity contribution is 5.06. The molecule has 0 spiro atoms. The van der Waals surface area contributed by atoms with Crippen molar-refractivity contribution in [2.75, 3.05) is 6.54 Å². The van der Waals surface area contributed by atoms with Gasteiger partial charge < -0.3 is 5.32 Å². The van der Waals surface area contributed by atoms with Gasteiger partial charge in [0.05, 0.1) is 0 Å². The first-order valence-electron chi connectivity index (χ1n) is 10.1. The molecule has 0 aliphatic heterocycles. The lowest BCUT2D eigenvalue weighted by atomic mass is 9.97. The average molecular weight is 294 g/mol. The summed E-state index contributed by atoms with van der Waals surface area (Å²) in [5, 5.41) is 3.88. The number of unbranched alkanes of at least 4 members (excludes halogenated alkanes) is 7. The third kappa shape index (κ3) is 5.58. The van der Waals surface area contributed by atoms with Gasteiger partial charge in [-0.1, -0.05) is 71.6 Å². The third-order valence-corrected chi connectivity index (χ3v) is 5.96. The molecule has 0 aromatic heterocycles. The lowest BCUT2D eigenvalue weighted by Crippen LogP contribution is -2.33. The van der Waals surface area contributed by atoms with Crippen LogP contribution < -0.4 is 5.32 Å². The van der Waals surface area contributed by atoms with Crippen LogP contribution in [0.3, 0.4) is 0 Å². The first-order chi connectivity index (χ1) is 10.4. The maximum Gasteiger partial charge on any atom is 0.0101 e. The summed E-state index contributed by atoms with van der Waals surface area (Å²) in [6, 6.07) is 0.861. The van der Waals surface area contributed by atoms with Crippen LogP contribution in [-0.2, 0) is 0 Å². The maximum atomic E-state index is 3.88. The monoisotopic (exact) mass is 293 g/mol. The van der Waals surface area contributed by atoms with Crippen LogP contribution >= 0.6 is 0 Å². The lowest BCUT2D eigenvalue weighted by molar-refractivity contribution is 0.372. The van der Waals surface area contributed by atoms with Gasteiger partial charge in [-0.3, -0.25) is 0 Å². The number of hydrogen-bond donors (Lipinski definition) is 1. The van der Waals surface area contributed by atoms with E-state index in [1.807, 2.05) is 0 Å². The van der Waals surface area contributed by atoms with Gasteiger partial charge in [0, 0.05) is 6.04 Å². The Morgan fingerprint density at radius 1 is 0.810 bits per heavy atom. The summed E-state index contributed by atoms with van der Waals surface area (Å²) in [7, 11) is 0. The van der Waals surface area contributed by atoms with Crippen molar-refractivity contribution in [1.82, 2.24) is 5.32 Å². The van der Waals surface area contributed by atoms with Crippen LogP contribution in [0.5, 0.6) is 0 Å². The molecule has 0 saturated heterocycles. The molecular weight excluding hydrogens is 254 g/mol. The van der Waals surface area contributed by atoms with Crippen LogP contribution in [0, 0.1) is 17.8 Å². The first-order valence-corrected chi connectivity index (χ1v) is 10.1. The minimum absolute atomic E-state index is 0.861. The molecule has 0 bridgehead atoms. The molecule has 1 nitrogen and oxygen atoms in total. The Kier molecular flexibility index (Phi) is 8.14. The van der Waals surface area contributed by atoms with Crippen molar-refractivity contribution in [2.45, 2.75) is 103 Å². The summed E-state index contributed by atoms with van der Waals surface area (Å²) in [5.74, 6) is 3.30. The van der Waals surface area contributed by atoms with E-state index < -0.39 is 0 Å². The predicted octanol–water partition coefficient (Wildman–Crippen LogP) is 5.93. The quantitative estimate of drug-likeness (QED) is 0.415. The zero-order valence-corrected chi connectivity index (χ0v) is 14.7. The second kappa shape index (κ2) is 9.87. The van der Waals surface area contributed by atoms with Crippen molar-refractivity contribution < 1.29 is 0 Å². The Labute approximate surface area is 133 Å². The fraction of sp³-hybridized carbons (Fsp3) is 1.00. The smallest absolute Gasteiger partial charge is 0.0101 e. The Balaban J connectivity index is 1.53. The summed E-state index contributed by atoms with van der Waals surface area (Å²) in [4.78, 5) is 0. The van der Waals surface area contributed by atoms with Crippen LogP contribution in [0.4, 0.5) is 0 Å². The van der Waals surface area contributed by atoms with Gasteiger partial charge in [0.2, 0.25) is 0 Å². The standard InChI is InChI=1S/C20H39N/c1-3-5-6-7-8-9-10-11-15-19(21-16-4-2)20-17-13-12-14-18(17)20/h17-21H,3-16H2,1-2H3. The largest absolute Gasteiger partial charge is 0.314 e. The fourth-order valence-corrected chi connectivity index (χ4v) is 4.73. The normalized spacial score (nSPS) is 28.6. The summed E-state index contributed by atoms with van der Waals surface area (Å²) < 4.78 is 0. The highest BCUT2D eigenvalue weighted by Gasteiger charge is 2.55. The molecule has 2 saturated carbocycles. The topological polar surface area (TPSA) is 12.0 Å². The van der Waals surface area contributed by atoms with Gasteiger partial charge in [0.15, 0.2) is 0 Å². The average Bonchev–Trinajstić information content (AvgIpc) is 2.96. The first kappa shape index (κ1) is 17.3. The molecule has 1 N–H and O–H groups in total. The molecule has 2 rings (SSSR count). The zero-order chi connectivity index (χ0) is 14.9. The summed E-state index contributed by atoms with van der Waals surface area (Å²) >= 11 is 0. The number of hydrogen-bond acceptors (Lipinski definition) is 1. The van der Waals surface area contributed by atoms with Gasteiger partial charge in [-0.2, -0.15) is 0 Å². The van der Waals surface area contributed by atoms with Crippen LogP contribution in [0.2, 0.25) is 0 Å². The molecule has 0 aromatic carbocycles. The lowest BCUT2D eigenvalue weighted by Gasteiger charge is -2.20. The molecule has 0 heterocycles. The molecule has 21 heavy (non-hydrogen) atoms. The van der Waals surface area contributed by atoms with E-state index in [4.69, 9.17) is 0 Å². The highest BCUT2D eigenvalue weighted by Crippen LogP contribution is 2.59. The molecule has 124 valence electrons. The minimum Gasteiger partial charge on any atom is -0.314 e. The van der Waals surface area contributed by atoms with E-state index in [-0.39, 0.29) is 0 Å². The van der Waals surface area contributed by atoms with Gasteiger partial charge >= 0.3 is 0 Å². The zero-order valence-electron chi connectivity index (χ0n) is 14.7. The molecule has 0 aromatic rings. The number of fused-ring (bicyclic) bond motifs is 1. The fourth-order valence-electron chi connectivity index (χ4n) is 4.73. The van der Waals surface area contributed by atoms with Crippen LogP contribution in [0.15, 0.2) is 0 Å². The van der Waals surface area contributed by atoms with Gasteiger partial charge in [-0.25, -0.2) is 0 Å². The maximum absolute atomic E-state index is 3.88. The van der Waals surface area contributed by atoms with Gasteiger partial charge in [-0.15, -0.1) is 0 Å². The molecular formula is C20H39N. The van der Waals surface area contributed by atoms with Gasteiger partial charge in [-0.05, 0) is 50.0 Å². The molecule has 3 atom stereocenters. The molecule has 2 aliphatic rings. The predicted molar refractivity (Wildman–Crippen MR) is 93.6 cm³/mol. The van der Waals surface area contributed by atoms with Crippen molar-refractivity contribution in [2.24, 2.45) is 17.8 Å². The SMILES string of the molecule is CCCCCCCCCCC(NCCC)C1C2CCCC21. The Bertz CT molecular complexity index is 253. The van der Waals surface area contributed by atoms with Crippen LogP contribution in [0.25, 0.3) is 0 Å². The second-order valence-electron chi connectivity index (χ2n) is 7.66. The van der Waals surface area contributed by atoms with E-state index in [1.165, 1.54) is 90.0 Å². The van der Waals surface area contributed by atoms with Crippen molar-refractivity contribution in [3.05, 3.63) is 0 Å². The Hall–Kier alpha value is -0.0400. The van der Waals surface area contributed by atoms with Gasteiger partial charge in [0.1, 0.15) is 0 Å². The van der Waals surface area contributed by atoms with Gasteiger partial charge in [0.25, 0.3) is 0 Å². The summed E-state index contributed by atoms with van der Waals surface area (Å²) in [5.41, 5.74) is 0. The molecule has 2 aliphatic carbocycles. The van der Waals surface area contributed by atoms with Crippen LogP contribution in [-0.4, -0.2) is 12.6 Å².